The number of fused-ring (bicyclic) bond motifs is 2. The predicted molar refractivity (Wildman–Crippen MR) is 160 cm³/mol. The van der Waals surface area contributed by atoms with Gasteiger partial charge in [-0.3, -0.25) is 18.6 Å². The Balaban J connectivity index is 1.11. The van der Waals surface area contributed by atoms with E-state index in [4.69, 9.17) is 14.0 Å². The SMILES string of the molecule is CS(=O)OCN1CCc2c(c(-c3ccc(C(F)(F)F)cc3)nn2CCCN2CCC(N3C(=O)COc4ccccc43)CC2)C1. The Morgan fingerprint density at radius 2 is 1.77 bits per heavy atom. The highest BCUT2D eigenvalue weighted by atomic mass is 32.2. The molecule has 3 aliphatic rings. The molecule has 9 nitrogen and oxygen atoms in total. The lowest BCUT2D eigenvalue weighted by atomic mass is 10.00. The van der Waals surface area contributed by atoms with Gasteiger partial charge in [0.25, 0.3) is 5.91 Å². The maximum atomic E-state index is 13.2. The second kappa shape index (κ2) is 13.0. The zero-order valence-electron chi connectivity index (χ0n) is 24.6. The Hall–Kier alpha value is -3.26. The summed E-state index contributed by atoms with van der Waals surface area (Å²) in [6.45, 7) is 4.85. The van der Waals surface area contributed by atoms with Crippen molar-refractivity contribution in [1.29, 1.82) is 0 Å². The molecule has 0 N–H and O–H groups in total. The van der Waals surface area contributed by atoms with Crippen molar-refractivity contribution >= 4 is 22.7 Å². The number of ether oxygens (including phenoxy) is 1. The second-order valence-electron chi connectivity index (χ2n) is 11.5. The summed E-state index contributed by atoms with van der Waals surface area (Å²) in [7, 11) is 0. The molecule has 1 atom stereocenters. The fraction of sp³-hybridized carbons (Fsp3) is 0.484. The van der Waals surface area contributed by atoms with Crippen LogP contribution in [-0.2, 0) is 45.7 Å². The van der Waals surface area contributed by atoms with Gasteiger partial charge in [-0.05, 0) is 50.1 Å². The lowest BCUT2D eigenvalue weighted by Gasteiger charge is -2.40. The minimum atomic E-state index is -4.40. The zero-order chi connectivity index (χ0) is 30.8. The van der Waals surface area contributed by atoms with Crippen LogP contribution in [0.5, 0.6) is 5.75 Å². The van der Waals surface area contributed by atoms with E-state index in [-0.39, 0.29) is 25.3 Å². The molecule has 0 aliphatic carbocycles. The molecule has 1 amide bonds. The third-order valence-corrected chi connectivity index (χ3v) is 9.05. The van der Waals surface area contributed by atoms with Crippen LogP contribution < -0.4 is 9.64 Å². The Kier molecular flexibility index (Phi) is 9.08. The van der Waals surface area contributed by atoms with Gasteiger partial charge in [0.2, 0.25) is 0 Å². The number of carbonyl (C=O) groups excluding carboxylic acids is 1. The second-order valence-corrected chi connectivity index (χ2v) is 12.5. The number of amides is 1. The van der Waals surface area contributed by atoms with Crippen molar-refractivity contribution < 1.29 is 31.1 Å². The largest absolute Gasteiger partial charge is 0.482 e. The van der Waals surface area contributed by atoms with E-state index < -0.39 is 22.8 Å². The number of halogens is 3. The van der Waals surface area contributed by atoms with E-state index in [2.05, 4.69) is 4.90 Å². The van der Waals surface area contributed by atoms with Gasteiger partial charge in [0.1, 0.15) is 12.5 Å². The van der Waals surface area contributed by atoms with Gasteiger partial charge < -0.3 is 14.5 Å². The molecule has 44 heavy (non-hydrogen) atoms. The first-order valence-electron chi connectivity index (χ1n) is 14.9. The fourth-order valence-electron chi connectivity index (χ4n) is 6.41. The van der Waals surface area contributed by atoms with E-state index in [1.165, 1.54) is 18.4 Å². The molecule has 6 rings (SSSR count). The van der Waals surface area contributed by atoms with Gasteiger partial charge in [0.15, 0.2) is 17.7 Å². The topological polar surface area (TPSA) is 80.1 Å². The summed E-state index contributed by atoms with van der Waals surface area (Å²) in [5.41, 5.74) is 3.52. The zero-order valence-corrected chi connectivity index (χ0v) is 25.4. The molecule has 3 aromatic rings. The number of benzene rings is 2. The van der Waals surface area contributed by atoms with E-state index in [0.717, 1.165) is 73.7 Å². The number of rotatable bonds is 9. The van der Waals surface area contributed by atoms with Crippen LogP contribution in [0, 0.1) is 0 Å². The van der Waals surface area contributed by atoms with Crippen LogP contribution in [0.1, 0.15) is 36.1 Å². The van der Waals surface area contributed by atoms with Crippen LogP contribution in [0.4, 0.5) is 18.9 Å². The Morgan fingerprint density at radius 1 is 1.02 bits per heavy atom. The third-order valence-electron chi connectivity index (χ3n) is 8.61. The number of carbonyl (C=O) groups is 1. The predicted octanol–water partition coefficient (Wildman–Crippen LogP) is 4.47. The highest BCUT2D eigenvalue weighted by Gasteiger charge is 2.34. The van der Waals surface area contributed by atoms with Gasteiger partial charge >= 0.3 is 6.18 Å². The quantitative estimate of drug-likeness (QED) is 0.345. The van der Waals surface area contributed by atoms with Gasteiger partial charge in [-0.2, -0.15) is 18.3 Å². The Morgan fingerprint density at radius 3 is 2.50 bits per heavy atom. The average molecular weight is 632 g/mol. The van der Waals surface area contributed by atoms with Crippen LogP contribution >= 0.6 is 0 Å². The van der Waals surface area contributed by atoms with E-state index in [0.29, 0.717) is 37.3 Å². The minimum absolute atomic E-state index is 0.00235. The number of aryl methyl sites for hydroxylation is 1. The maximum absolute atomic E-state index is 13.2. The molecule has 0 saturated carbocycles. The molecular weight excluding hydrogens is 595 g/mol. The summed E-state index contributed by atoms with van der Waals surface area (Å²) in [4.78, 5) is 19.1. The van der Waals surface area contributed by atoms with Gasteiger partial charge in [-0.25, -0.2) is 4.21 Å². The van der Waals surface area contributed by atoms with E-state index in [9.17, 15) is 22.2 Å². The van der Waals surface area contributed by atoms with Crippen LogP contribution in [0.2, 0.25) is 0 Å². The van der Waals surface area contributed by atoms with E-state index in [1.54, 1.807) is 0 Å². The van der Waals surface area contributed by atoms with E-state index in [1.807, 2.05) is 38.7 Å². The van der Waals surface area contributed by atoms with Crippen LogP contribution in [0.25, 0.3) is 11.3 Å². The van der Waals surface area contributed by atoms with Gasteiger partial charge in [0, 0.05) is 68.3 Å². The molecule has 13 heteroatoms. The molecule has 1 aromatic heterocycles. The number of anilines is 1. The number of hydrogen-bond acceptors (Lipinski definition) is 7. The van der Waals surface area contributed by atoms with Gasteiger partial charge in [0.05, 0.1) is 16.9 Å². The van der Waals surface area contributed by atoms with Crippen molar-refractivity contribution in [2.45, 2.75) is 51.0 Å². The molecule has 1 saturated heterocycles. The van der Waals surface area contributed by atoms with E-state index >= 15 is 0 Å². The molecule has 0 radical (unpaired) electrons. The average Bonchev–Trinajstić information content (AvgIpc) is 3.38. The molecule has 0 spiro atoms. The van der Waals surface area contributed by atoms with Crippen molar-refractivity contribution in [3.05, 3.63) is 65.4 Å². The van der Waals surface area contributed by atoms with Crippen molar-refractivity contribution in [1.82, 2.24) is 19.6 Å². The minimum Gasteiger partial charge on any atom is -0.482 e. The first-order chi connectivity index (χ1) is 21.2. The molecule has 4 heterocycles. The van der Waals surface area contributed by atoms with Crippen molar-refractivity contribution in [3.8, 4) is 17.0 Å². The van der Waals surface area contributed by atoms with Crippen LogP contribution in [0.3, 0.4) is 0 Å². The summed E-state index contributed by atoms with van der Waals surface area (Å²) >= 11 is -1.39. The van der Waals surface area contributed by atoms with Crippen LogP contribution in [0.15, 0.2) is 48.5 Å². The summed E-state index contributed by atoms with van der Waals surface area (Å²) in [6.07, 6.45) is 0.420. The number of aromatic nitrogens is 2. The number of alkyl halides is 3. The lowest BCUT2D eigenvalue weighted by molar-refractivity contribution is -0.137. The number of piperidine rings is 1. The van der Waals surface area contributed by atoms with Crippen molar-refractivity contribution in [2.75, 3.05) is 50.7 Å². The first-order valence-corrected chi connectivity index (χ1v) is 16.4. The lowest BCUT2D eigenvalue weighted by Crippen LogP contribution is -2.50. The van der Waals surface area contributed by atoms with Crippen LogP contribution in [-0.4, -0.2) is 81.5 Å². The third kappa shape index (κ3) is 6.70. The molecular formula is C31H36F3N5O4S. The fourth-order valence-corrected chi connectivity index (χ4v) is 6.70. The summed E-state index contributed by atoms with van der Waals surface area (Å²) in [6, 6.07) is 13.0. The number of nitrogens with zero attached hydrogens (tertiary/aromatic N) is 5. The highest BCUT2D eigenvalue weighted by molar-refractivity contribution is 7.79. The van der Waals surface area contributed by atoms with Gasteiger partial charge in [-0.1, -0.05) is 24.3 Å². The molecule has 0 bridgehead atoms. The number of hydrogen-bond donors (Lipinski definition) is 0. The smallest absolute Gasteiger partial charge is 0.416 e. The standard InChI is InChI=1S/C31H36F3N5O4S/c1-44(41)43-21-37-18-13-26-25(19-37)30(22-7-9-23(10-8-22)31(32,33)34)35-38(26)15-4-14-36-16-11-24(12-17-36)39-27-5-2-3-6-28(27)42-20-29(39)40/h2-3,5-10,24H,4,11-21H2,1H3. The van der Waals surface area contributed by atoms with Gasteiger partial charge in [-0.15, -0.1) is 0 Å². The summed E-state index contributed by atoms with van der Waals surface area (Å²) in [5, 5.41) is 4.90. The van der Waals surface area contributed by atoms with Crippen molar-refractivity contribution in [3.63, 3.8) is 0 Å². The van der Waals surface area contributed by atoms with Crippen molar-refractivity contribution in [2.24, 2.45) is 0 Å². The normalized spacial score (nSPS) is 19.0. The molecule has 1 fully saturated rings. The monoisotopic (exact) mass is 631 g/mol. The highest BCUT2D eigenvalue weighted by Crippen LogP contribution is 2.36. The molecule has 3 aliphatic heterocycles. The molecule has 1 unspecified atom stereocenters. The molecule has 236 valence electrons. The number of para-hydroxylation sites is 2. The first kappa shape index (κ1) is 30.8. The Labute approximate surface area is 257 Å². The molecule has 2 aromatic carbocycles. The summed E-state index contributed by atoms with van der Waals surface area (Å²) < 4.78 is 64.0. The summed E-state index contributed by atoms with van der Waals surface area (Å²) in [5.74, 6) is 0.756. The number of likely N-dealkylation sites (tertiary alicyclic amines) is 1. The maximum Gasteiger partial charge on any atom is 0.416 e. The Bertz CT molecular complexity index is 1500.